The lowest BCUT2D eigenvalue weighted by atomic mass is 10.1. The number of benzene rings is 1. The van der Waals surface area contributed by atoms with Gasteiger partial charge in [-0.15, -0.1) is 0 Å². The summed E-state index contributed by atoms with van der Waals surface area (Å²) in [7, 11) is 0. The first-order valence-electron chi connectivity index (χ1n) is 5.89. The first kappa shape index (κ1) is 13.4. The van der Waals surface area contributed by atoms with Gasteiger partial charge >= 0.3 is 0 Å². The van der Waals surface area contributed by atoms with E-state index in [0.717, 1.165) is 41.0 Å². The van der Waals surface area contributed by atoms with Gasteiger partial charge in [0, 0.05) is 18.0 Å². The number of halogens is 1. The molecule has 0 unspecified atom stereocenters. The van der Waals surface area contributed by atoms with Crippen molar-refractivity contribution in [2.45, 2.75) is 25.6 Å². The summed E-state index contributed by atoms with van der Waals surface area (Å²) in [6.07, 6.45) is 2.81. The highest BCUT2D eigenvalue weighted by Crippen LogP contribution is 2.14. The molecule has 1 aromatic carbocycles. The number of rotatable bonds is 5. The average Bonchev–Trinajstić information content (AvgIpc) is 2.72. The second-order valence-corrected chi connectivity index (χ2v) is 5.30. The fourth-order valence-electron chi connectivity index (χ4n) is 1.82. The Kier molecular flexibility index (Phi) is 4.66. The predicted molar refractivity (Wildman–Crippen MR) is 77.2 cm³/mol. The molecule has 96 valence electrons. The van der Waals surface area contributed by atoms with Crippen molar-refractivity contribution in [2.24, 2.45) is 0 Å². The minimum atomic E-state index is 0.731. The Hall–Kier alpha value is -1.00. The maximum Gasteiger partial charge on any atom is 0.155 e. The average molecular weight is 282 g/mol. The highest BCUT2D eigenvalue weighted by Gasteiger charge is 2.08. The molecule has 0 fully saturated rings. The molecular formula is C13H16ClN3S. The van der Waals surface area contributed by atoms with Crippen LogP contribution >= 0.6 is 23.4 Å². The Morgan fingerprint density at radius 1 is 1.39 bits per heavy atom. The fraction of sp³-hybridized carbons (Fsp3) is 0.385. The molecule has 0 aliphatic carbocycles. The standard InChI is InChI=1S/C13H16ClN3S/c1-3-17-13(9-18-2)15-12(16-17)8-10-5-4-6-11(14)7-10/h4-7H,3,8-9H2,1-2H3. The topological polar surface area (TPSA) is 30.7 Å². The second kappa shape index (κ2) is 6.25. The minimum Gasteiger partial charge on any atom is -0.249 e. The zero-order valence-electron chi connectivity index (χ0n) is 10.6. The molecule has 0 atom stereocenters. The smallest absolute Gasteiger partial charge is 0.155 e. The van der Waals surface area contributed by atoms with E-state index < -0.39 is 0 Å². The van der Waals surface area contributed by atoms with E-state index in [4.69, 9.17) is 11.6 Å². The van der Waals surface area contributed by atoms with Crippen LogP contribution in [-0.4, -0.2) is 21.0 Å². The molecule has 0 N–H and O–H groups in total. The van der Waals surface area contributed by atoms with E-state index >= 15 is 0 Å². The van der Waals surface area contributed by atoms with Gasteiger partial charge in [0.05, 0.1) is 5.75 Å². The van der Waals surface area contributed by atoms with Gasteiger partial charge in [0.1, 0.15) is 5.82 Å². The summed E-state index contributed by atoms with van der Waals surface area (Å²) in [4.78, 5) is 4.58. The molecule has 1 heterocycles. The Balaban J connectivity index is 2.19. The van der Waals surface area contributed by atoms with Gasteiger partial charge in [-0.2, -0.15) is 16.9 Å². The van der Waals surface area contributed by atoms with Crippen LogP contribution in [0.15, 0.2) is 24.3 Å². The number of aryl methyl sites for hydroxylation is 1. The highest BCUT2D eigenvalue weighted by atomic mass is 35.5. The third-order valence-corrected chi connectivity index (χ3v) is 3.40. The van der Waals surface area contributed by atoms with Crippen molar-refractivity contribution in [3.8, 4) is 0 Å². The molecule has 0 saturated carbocycles. The van der Waals surface area contributed by atoms with Crippen LogP contribution in [0.3, 0.4) is 0 Å². The second-order valence-electron chi connectivity index (χ2n) is 4.00. The molecule has 0 aliphatic heterocycles. The number of hydrogen-bond acceptors (Lipinski definition) is 3. The molecule has 0 bridgehead atoms. The summed E-state index contributed by atoms with van der Waals surface area (Å²) < 4.78 is 1.97. The Morgan fingerprint density at radius 2 is 2.22 bits per heavy atom. The van der Waals surface area contributed by atoms with E-state index in [1.807, 2.05) is 28.9 Å². The maximum atomic E-state index is 5.98. The van der Waals surface area contributed by atoms with Crippen LogP contribution in [0.4, 0.5) is 0 Å². The normalized spacial score (nSPS) is 10.8. The molecule has 3 nitrogen and oxygen atoms in total. The van der Waals surface area contributed by atoms with Crippen molar-refractivity contribution in [1.82, 2.24) is 14.8 Å². The number of aromatic nitrogens is 3. The van der Waals surface area contributed by atoms with E-state index in [1.165, 1.54) is 0 Å². The van der Waals surface area contributed by atoms with Crippen LogP contribution < -0.4 is 0 Å². The largest absolute Gasteiger partial charge is 0.249 e. The molecule has 0 radical (unpaired) electrons. The third kappa shape index (κ3) is 3.27. The number of thioether (sulfide) groups is 1. The molecule has 2 aromatic rings. The maximum absolute atomic E-state index is 5.98. The van der Waals surface area contributed by atoms with Crippen molar-refractivity contribution in [2.75, 3.05) is 6.26 Å². The zero-order chi connectivity index (χ0) is 13.0. The summed E-state index contributed by atoms with van der Waals surface area (Å²) in [5, 5.41) is 5.28. The van der Waals surface area contributed by atoms with Crippen LogP contribution in [0.1, 0.15) is 24.1 Å². The van der Waals surface area contributed by atoms with E-state index in [1.54, 1.807) is 11.8 Å². The lowest BCUT2D eigenvalue weighted by Crippen LogP contribution is -2.02. The summed E-state index contributed by atoms with van der Waals surface area (Å²) >= 11 is 7.74. The third-order valence-electron chi connectivity index (χ3n) is 2.62. The van der Waals surface area contributed by atoms with E-state index in [9.17, 15) is 0 Å². The SMILES string of the molecule is CCn1nc(Cc2cccc(Cl)c2)nc1CSC. The molecule has 0 aliphatic rings. The van der Waals surface area contributed by atoms with Crippen LogP contribution in [-0.2, 0) is 18.7 Å². The van der Waals surface area contributed by atoms with Crippen molar-refractivity contribution in [1.29, 1.82) is 0 Å². The van der Waals surface area contributed by atoms with Gasteiger partial charge in [-0.25, -0.2) is 9.67 Å². The van der Waals surface area contributed by atoms with Crippen LogP contribution in [0, 0.1) is 0 Å². The first-order valence-corrected chi connectivity index (χ1v) is 7.66. The highest BCUT2D eigenvalue weighted by molar-refractivity contribution is 7.97. The minimum absolute atomic E-state index is 0.731. The number of hydrogen-bond donors (Lipinski definition) is 0. The summed E-state index contributed by atoms with van der Waals surface area (Å²) in [6, 6.07) is 7.84. The van der Waals surface area contributed by atoms with Gasteiger partial charge in [-0.05, 0) is 30.9 Å². The van der Waals surface area contributed by atoms with Crippen molar-refractivity contribution in [3.05, 3.63) is 46.5 Å². The van der Waals surface area contributed by atoms with Crippen LogP contribution in [0.25, 0.3) is 0 Å². The lowest BCUT2D eigenvalue weighted by molar-refractivity contribution is 0.627. The van der Waals surface area contributed by atoms with E-state index in [-0.39, 0.29) is 0 Å². The zero-order valence-corrected chi connectivity index (χ0v) is 12.1. The van der Waals surface area contributed by atoms with Gasteiger partial charge in [0.2, 0.25) is 0 Å². The number of nitrogens with zero attached hydrogens (tertiary/aromatic N) is 3. The van der Waals surface area contributed by atoms with Gasteiger partial charge in [0.15, 0.2) is 5.82 Å². The van der Waals surface area contributed by atoms with Crippen molar-refractivity contribution < 1.29 is 0 Å². The van der Waals surface area contributed by atoms with Crippen LogP contribution in [0.2, 0.25) is 5.02 Å². The molecule has 0 spiro atoms. The van der Waals surface area contributed by atoms with E-state index in [0.29, 0.717) is 0 Å². The molecule has 1 aromatic heterocycles. The molecule has 0 amide bonds. The molecule has 5 heteroatoms. The molecule has 0 saturated heterocycles. The predicted octanol–water partition coefficient (Wildman–Crippen LogP) is 3.41. The van der Waals surface area contributed by atoms with Gasteiger partial charge in [-0.3, -0.25) is 0 Å². The van der Waals surface area contributed by atoms with Gasteiger partial charge in [-0.1, -0.05) is 23.7 Å². The Morgan fingerprint density at radius 3 is 2.89 bits per heavy atom. The Bertz CT molecular complexity index is 525. The van der Waals surface area contributed by atoms with Gasteiger partial charge < -0.3 is 0 Å². The van der Waals surface area contributed by atoms with Gasteiger partial charge in [0.25, 0.3) is 0 Å². The quantitative estimate of drug-likeness (QED) is 0.841. The van der Waals surface area contributed by atoms with Crippen LogP contribution in [0.5, 0.6) is 0 Å². The monoisotopic (exact) mass is 281 g/mol. The molecular weight excluding hydrogens is 266 g/mol. The molecule has 18 heavy (non-hydrogen) atoms. The summed E-state index contributed by atoms with van der Waals surface area (Å²) in [5.74, 6) is 2.81. The fourth-order valence-corrected chi connectivity index (χ4v) is 2.50. The lowest BCUT2D eigenvalue weighted by Gasteiger charge is -1.98. The Labute approximate surface area is 117 Å². The molecule has 2 rings (SSSR count). The van der Waals surface area contributed by atoms with Crippen molar-refractivity contribution in [3.63, 3.8) is 0 Å². The van der Waals surface area contributed by atoms with Crippen molar-refractivity contribution >= 4 is 23.4 Å². The summed E-state index contributed by atoms with van der Waals surface area (Å²) in [6.45, 7) is 2.94. The summed E-state index contributed by atoms with van der Waals surface area (Å²) in [5.41, 5.74) is 1.14. The first-order chi connectivity index (χ1) is 8.72. The van der Waals surface area contributed by atoms with E-state index in [2.05, 4.69) is 23.3 Å².